The van der Waals surface area contributed by atoms with Crippen LogP contribution in [0.4, 0.5) is 5.13 Å². The fourth-order valence-corrected chi connectivity index (χ4v) is 5.46. The third-order valence-corrected chi connectivity index (χ3v) is 7.07. The zero-order valence-electron chi connectivity index (χ0n) is 20.0. The molecule has 2 heterocycles. The first kappa shape index (κ1) is 23.6. The normalized spacial score (nSPS) is 17.1. The standard InChI is InChI=1S/C28H24N2O5S/c1-4-35-18-12-10-17(11-13-18)25(31)23-24(19-7-5-6-8-21(19)34-3)30(27(33)26(23)32)28-29-20-14-9-16(2)15-22(20)36-28/h5-15,24,31H,4H2,1-3H3/b25-23+/t24-/m0/s1. The van der Waals surface area contributed by atoms with Crippen LogP contribution < -0.4 is 14.4 Å². The molecule has 1 aromatic heterocycles. The van der Waals surface area contributed by atoms with Crippen molar-refractivity contribution in [3.8, 4) is 11.5 Å². The number of anilines is 1. The predicted molar refractivity (Wildman–Crippen MR) is 140 cm³/mol. The lowest BCUT2D eigenvalue weighted by atomic mass is 9.94. The van der Waals surface area contributed by atoms with Gasteiger partial charge < -0.3 is 14.6 Å². The molecule has 1 saturated heterocycles. The summed E-state index contributed by atoms with van der Waals surface area (Å²) in [4.78, 5) is 32.9. The Morgan fingerprint density at radius 1 is 1.08 bits per heavy atom. The number of ketones is 1. The molecule has 0 saturated carbocycles. The van der Waals surface area contributed by atoms with Gasteiger partial charge in [0.25, 0.3) is 5.78 Å². The monoisotopic (exact) mass is 500 g/mol. The van der Waals surface area contributed by atoms with Crippen molar-refractivity contribution in [1.82, 2.24) is 4.98 Å². The van der Waals surface area contributed by atoms with Crippen molar-refractivity contribution in [3.05, 3.63) is 89.0 Å². The summed E-state index contributed by atoms with van der Waals surface area (Å²) in [6.07, 6.45) is 0. The summed E-state index contributed by atoms with van der Waals surface area (Å²) in [5.41, 5.74) is 2.74. The molecule has 3 aromatic carbocycles. The maximum Gasteiger partial charge on any atom is 0.301 e. The van der Waals surface area contributed by atoms with E-state index in [0.29, 0.717) is 34.4 Å². The van der Waals surface area contributed by atoms with Gasteiger partial charge in [0.05, 0.1) is 29.5 Å². The number of aryl methyl sites for hydroxylation is 1. The van der Waals surface area contributed by atoms with Crippen LogP contribution >= 0.6 is 11.3 Å². The Kier molecular flexibility index (Phi) is 6.20. The van der Waals surface area contributed by atoms with Crippen LogP contribution in [-0.4, -0.2) is 35.5 Å². The maximum atomic E-state index is 13.5. The smallest absolute Gasteiger partial charge is 0.301 e. The fourth-order valence-electron chi connectivity index (χ4n) is 4.37. The second kappa shape index (κ2) is 9.47. The van der Waals surface area contributed by atoms with Gasteiger partial charge in [-0.2, -0.15) is 0 Å². The van der Waals surface area contributed by atoms with Gasteiger partial charge in [0.15, 0.2) is 5.13 Å². The molecule has 0 aliphatic carbocycles. The van der Waals surface area contributed by atoms with Crippen LogP contribution in [0.3, 0.4) is 0 Å². The van der Waals surface area contributed by atoms with Crippen LogP contribution in [0.5, 0.6) is 11.5 Å². The van der Waals surface area contributed by atoms with Crippen molar-refractivity contribution < 1.29 is 24.2 Å². The van der Waals surface area contributed by atoms with Crippen LogP contribution in [-0.2, 0) is 9.59 Å². The van der Waals surface area contributed by atoms with Crippen molar-refractivity contribution in [2.75, 3.05) is 18.6 Å². The predicted octanol–water partition coefficient (Wildman–Crippen LogP) is 5.64. The first-order valence-corrected chi connectivity index (χ1v) is 12.3. The number of hydrogen-bond acceptors (Lipinski definition) is 7. The van der Waals surface area contributed by atoms with Crippen LogP contribution in [0.15, 0.2) is 72.3 Å². The molecule has 0 radical (unpaired) electrons. The van der Waals surface area contributed by atoms with Crippen LogP contribution in [0.2, 0.25) is 0 Å². The maximum absolute atomic E-state index is 13.5. The number of thiazole rings is 1. The van der Waals surface area contributed by atoms with E-state index in [1.807, 2.05) is 32.0 Å². The highest BCUT2D eigenvalue weighted by molar-refractivity contribution is 7.22. The minimum absolute atomic E-state index is 0.0240. The topological polar surface area (TPSA) is 89.0 Å². The van der Waals surface area contributed by atoms with E-state index >= 15 is 0 Å². The van der Waals surface area contributed by atoms with Gasteiger partial charge in [-0.15, -0.1) is 0 Å². The lowest BCUT2D eigenvalue weighted by molar-refractivity contribution is -0.132. The van der Waals surface area contributed by atoms with Crippen molar-refractivity contribution in [1.29, 1.82) is 0 Å². The third kappa shape index (κ3) is 3.99. The van der Waals surface area contributed by atoms with Gasteiger partial charge in [0.2, 0.25) is 0 Å². The quantitative estimate of drug-likeness (QED) is 0.209. The SMILES string of the molecule is CCOc1ccc(/C(O)=C2\C(=O)C(=O)N(c3nc4ccc(C)cc4s3)[C@H]2c2ccccc2OC)cc1. The number of Topliss-reactive ketones (excluding diaryl/α,β-unsaturated/α-hetero) is 1. The molecule has 8 heteroatoms. The molecule has 182 valence electrons. The van der Waals surface area contributed by atoms with E-state index in [1.165, 1.54) is 23.3 Å². The third-order valence-electron chi connectivity index (χ3n) is 6.06. The van der Waals surface area contributed by atoms with Gasteiger partial charge in [0.1, 0.15) is 23.3 Å². The zero-order chi connectivity index (χ0) is 25.4. The second-order valence-corrected chi connectivity index (χ2v) is 9.35. The van der Waals surface area contributed by atoms with E-state index in [1.54, 1.807) is 48.5 Å². The highest BCUT2D eigenvalue weighted by Crippen LogP contribution is 2.46. The number of ether oxygens (including phenoxy) is 2. The van der Waals surface area contributed by atoms with Gasteiger partial charge in [-0.05, 0) is 61.9 Å². The molecule has 7 nitrogen and oxygen atoms in total. The van der Waals surface area contributed by atoms with Gasteiger partial charge >= 0.3 is 5.91 Å². The summed E-state index contributed by atoms with van der Waals surface area (Å²) in [6, 6.07) is 18.8. The summed E-state index contributed by atoms with van der Waals surface area (Å²) in [5, 5.41) is 11.7. The number of fused-ring (bicyclic) bond motifs is 1. The van der Waals surface area contributed by atoms with E-state index in [2.05, 4.69) is 4.98 Å². The Morgan fingerprint density at radius 3 is 2.56 bits per heavy atom. The molecule has 0 unspecified atom stereocenters. The van der Waals surface area contributed by atoms with Crippen LogP contribution in [0.1, 0.15) is 29.7 Å². The summed E-state index contributed by atoms with van der Waals surface area (Å²) in [6.45, 7) is 4.37. The first-order chi connectivity index (χ1) is 17.4. The molecule has 36 heavy (non-hydrogen) atoms. The molecule has 0 spiro atoms. The Balaban J connectivity index is 1.71. The van der Waals surface area contributed by atoms with Crippen LogP contribution in [0.25, 0.3) is 16.0 Å². The average Bonchev–Trinajstić information content (AvgIpc) is 3.41. The van der Waals surface area contributed by atoms with E-state index in [0.717, 1.165) is 15.8 Å². The molecule has 1 atom stereocenters. The van der Waals surface area contributed by atoms with Gasteiger partial charge in [-0.3, -0.25) is 14.5 Å². The molecular formula is C28H24N2O5S. The van der Waals surface area contributed by atoms with Crippen LogP contribution in [0, 0.1) is 6.92 Å². The number of nitrogens with zero attached hydrogens (tertiary/aromatic N) is 2. The number of carbonyl (C=O) groups is 2. The summed E-state index contributed by atoms with van der Waals surface area (Å²) >= 11 is 1.32. The number of para-hydroxylation sites is 1. The molecule has 0 bridgehead atoms. The lowest BCUT2D eigenvalue weighted by Crippen LogP contribution is -2.29. The Hall–Kier alpha value is -4.17. The van der Waals surface area contributed by atoms with Crippen molar-refractivity contribution in [2.45, 2.75) is 19.9 Å². The Bertz CT molecular complexity index is 1510. The number of rotatable bonds is 6. The fraction of sp³-hybridized carbons (Fsp3) is 0.179. The number of aliphatic hydroxyl groups excluding tert-OH is 1. The molecule has 1 N–H and O–H groups in total. The second-order valence-electron chi connectivity index (χ2n) is 8.34. The highest BCUT2D eigenvalue weighted by Gasteiger charge is 2.49. The molecular weight excluding hydrogens is 476 g/mol. The molecule has 1 aliphatic heterocycles. The molecule has 1 fully saturated rings. The summed E-state index contributed by atoms with van der Waals surface area (Å²) in [5.74, 6) is -0.682. The minimum Gasteiger partial charge on any atom is -0.507 e. The Labute approximate surface area is 212 Å². The number of aromatic nitrogens is 1. The van der Waals surface area contributed by atoms with Crippen molar-refractivity contribution in [2.24, 2.45) is 0 Å². The number of methoxy groups -OCH3 is 1. The first-order valence-electron chi connectivity index (χ1n) is 11.5. The Morgan fingerprint density at radius 2 is 1.83 bits per heavy atom. The number of benzene rings is 3. The minimum atomic E-state index is -0.922. The summed E-state index contributed by atoms with van der Waals surface area (Å²) < 4.78 is 12.0. The van der Waals surface area contributed by atoms with E-state index in [4.69, 9.17) is 9.47 Å². The highest BCUT2D eigenvalue weighted by atomic mass is 32.1. The molecule has 4 aromatic rings. The van der Waals surface area contributed by atoms with Gasteiger partial charge in [-0.1, -0.05) is 35.6 Å². The van der Waals surface area contributed by atoms with E-state index in [9.17, 15) is 14.7 Å². The largest absolute Gasteiger partial charge is 0.507 e. The van der Waals surface area contributed by atoms with Gasteiger partial charge in [-0.25, -0.2) is 4.98 Å². The number of aliphatic hydroxyl groups is 1. The number of amides is 1. The van der Waals surface area contributed by atoms with Crippen molar-refractivity contribution >= 4 is 44.1 Å². The van der Waals surface area contributed by atoms with E-state index in [-0.39, 0.29) is 11.3 Å². The lowest BCUT2D eigenvalue weighted by Gasteiger charge is -2.24. The molecule has 5 rings (SSSR count). The number of hydrogen-bond donors (Lipinski definition) is 1. The summed E-state index contributed by atoms with van der Waals surface area (Å²) in [7, 11) is 1.53. The number of carbonyl (C=O) groups excluding carboxylic acids is 2. The van der Waals surface area contributed by atoms with Crippen molar-refractivity contribution in [3.63, 3.8) is 0 Å². The zero-order valence-corrected chi connectivity index (χ0v) is 20.8. The average molecular weight is 501 g/mol. The molecule has 1 amide bonds. The van der Waals surface area contributed by atoms with E-state index < -0.39 is 17.7 Å². The van der Waals surface area contributed by atoms with Gasteiger partial charge in [0, 0.05) is 11.1 Å². The molecule has 1 aliphatic rings.